The van der Waals surface area contributed by atoms with E-state index >= 15 is 0 Å². The monoisotopic (exact) mass is 598 g/mol. The Bertz CT molecular complexity index is 1480. The summed E-state index contributed by atoms with van der Waals surface area (Å²) in [5.41, 5.74) is 1.43. The zero-order chi connectivity index (χ0) is 28.7. The number of hydrogen-bond donors (Lipinski definition) is 2. The van der Waals surface area contributed by atoms with Crippen LogP contribution in [0.3, 0.4) is 0 Å². The molecule has 2 atom stereocenters. The minimum Gasteiger partial charge on any atom is -0.495 e. The molecule has 3 aliphatic rings. The lowest BCUT2D eigenvalue weighted by molar-refractivity contribution is -0.117. The second kappa shape index (κ2) is 11.2. The van der Waals surface area contributed by atoms with E-state index in [4.69, 9.17) is 47.4 Å². The number of anilines is 2. The highest BCUT2D eigenvalue weighted by Gasteiger charge is 2.45. The predicted molar refractivity (Wildman–Crippen MR) is 159 cm³/mol. The van der Waals surface area contributed by atoms with Gasteiger partial charge in [-0.05, 0) is 25.0 Å². The van der Waals surface area contributed by atoms with E-state index in [1.54, 1.807) is 12.3 Å². The second-order valence-corrected chi connectivity index (χ2v) is 11.7. The third kappa shape index (κ3) is 5.13. The molecule has 41 heavy (non-hydrogen) atoms. The maximum atomic E-state index is 11.9. The van der Waals surface area contributed by atoms with Crippen molar-refractivity contribution in [3.8, 4) is 22.9 Å². The number of aromatic nitrogens is 3. The van der Waals surface area contributed by atoms with E-state index in [-0.39, 0.29) is 18.0 Å². The molecule has 216 valence electrons. The van der Waals surface area contributed by atoms with Crippen LogP contribution in [0.25, 0.3) is 22.3 Å². The van der Waals surface area contributed by atoms with E-state index in [2.05, 4.69) is 27.1 Å². The molecule has 0 unspecified atom stereocenters. The SMILES string of the molecule is C=CC(=O)N[C@H]1COC[C@H]1Nc1cc2c(N3CC4(CCCC4)C3)nc(-c3c(Cl)c(OC)cc(OC)c3Cl)nc2cn1. The van der Waals surface area contributed by atoms with E-state index < -0.39 is 0 Å². The van der Waals surface area contributed by atoms with Crippen molar-refractivity contribution < 1.29 is 19.0 Å². The van der Waals surface area contributed by atoms with Crippen LogP contribution in [-0.2, 0) is 9.53 Å². The molecule has 0 bridgehead atoms. The Labute approximate surface area is 248 Å². The highest BCUT2D eigenvalue weighted by atomic mass is 35.5. The van der Waals surface area contributed by atoms with E-state index in [9.17, 15) is 4.79 Å². The third-order valence-corrected chi connectivity index (χ3v) is 9.05. The molecule has 3 aromatic rings. The minimum atomic E-state index is -0.243. The Morgan fingerprint density at radius 2 is 1.78 bits per heavy atom. The maximum absolute atomic E-state index is 11.9. The van der Waals surface area contributed by atoms with Crippen molar-refractivity contribution in [2.45, 2.75) is 37.8 Å². The zero-order valence-electron chi connectivity index (χ0n) is 23.0. The summed E-state index contributed by atoms with van der Waals surface area (Å²) in [5.74, 6) is 2.38. The Morgan fingerprint density at radius 1 is 1.10 bits per heavy atom. The number of halogens is 2. The standard InChI is InChI=1S/C29H32Cl2N6O4/c1-4-23(38)34-19-13-41-12-18(19)33-22-9-16-17(11-32-22)35-27(24-25(30)20(39-2)10-21(40-3)26(24)31)36-28(16)37-14-29(15-37)7-5-6-8-29/h4,9-11,18-19H,1,5-8,12-15H2,2-3H3,(H,32,33)(H,34,38)/t18-,19+/m1/s1. The van der Waals surface area contributed by atoms with E-state index in [1.165, 1.54) is 46.0 Å². The molecule has 12 heteroatoms. The number of nitrogens with one attached hydrogen (secondary N) is 2. The lowest BCUT2D eigenvalue weighted by Crippen LogP contribution is -2.55. The van der Waals surface area contributed by atoms with Crippen LogP contribution in [-0.4, -0.2) is 73.5 Å². The van der Waals surface area contributed by atoms with Gasteiger partial charge in [-0.25, -0.2) is 15.0 Å². The van der Waals surface area contributed by atoms with Crippen molar-refractivity contribution in [3.63, 3.8) is 0 Å². The summed E-state index contributed by atoms with van der Waals surface area (Å²) in [6.45, 7) is 6.24. The number of hydrogen-bond acceptors (Lipinski definition) is 9. The van der Waals surface area contributed by atoms with Crippen molar-refractivity contribution in [1.29, 1.82) is 0 Å². The smallest absolute Gasteiger partial charge is 0.243 e. The fourth-order valence-electron chi connectivity index (χ4n) is 6.15. The van der Waals surface area contributed by atoms with Crippen molar-refractivity contribution in [1.82, 2.24) is 20.3 Å². The lowest BCUT2D eigenvalue weighted by atomic mass is 9.78. The number of rotatable bonds is 8. The third-order valence-electron chi connectivity index (χ3n) is 8.30. The van der Waals surface area contributed by atoms with Crippen LogP contribution >= 0.6 is 23.2 Å². The molecule has 1 saturated carbocycles. The highest BCUT2D eigenvalue weighted by Crippen LogP contribution is 2.49. The summed E-state index contributed by atoms with van der Waals surface area (Å²) in [6, 6.07) is 3.24. The average molecular weight is 600 g/mol. The fourth-order valence-corrected chi connectivity index (χ4v) is 6.82. The summed E-state index contributed by atoms with van der Waals surface area (Å²) >= 11 is 13.5. The summed E-state index contributed by atoms with van der Waals surface area (Å²) in [7, 11) is 3.07. The summed E-state index contributed by atoms with van der Waals surface area (Å²) in [6.07, 6.45) is 7.97. The molecule has 0 radical (unpaired) electrons. The first-order valence-electron chi connectivity index (χ1n) is 13.6. The van der Waals surface area contributed by atoms with Gasteiger partial charge in [0.25, 0.3) is 0 Å². The van der Waals surface area contributed by atoms with Crippen molar-refractivity contribution >= 4 is 51.6 Å². The molecule has 2 aromatic heterocycles. The first-order valence-corrected chi connectivity index (χ1v) is 14.4. The molecule has 4 heterocycles. The first-order chi connectivity index (χ1) is 19.8. The number of methoxy groups -OCH3 is 2. The van der Waals surface area contributed by atoms with E-state index in [0.29, 0.717) is 62.9 Å². The van der Waals surface area contributed by atoms with E-state index in [1.807, 2.05) is 6.07 Å². The maximum Gasteiger partial charge on any atom is 0.243 e. The van der Waals surface area contributed by atoms with Gasteiger partial charge in [-0.1, -0.05) is 42.6 Å². The molecular formula is C29H32Cl2N6O4. The highest BCUT2D eigenvalue weighted by molar-refractivity contribution is 6.41. The molecule has 10 nitrogen and oxygen atoms in total. The van der Waals surface area contributed by atoms with Crippen LogP contribution in [0.1, 0.15) is 25.7 Å². The van der Waals surface area contributed by atoms with Crippen molar-refractivity contribution in [3.05, 3.63) is 41.0 Å². The molecule has 1 aliphatic carbocycles. The van der Waals surface area contributed by atoms with Gasteiger partial charge in [0.1, 0.15) is 23.1 Å². The van der Waals surface area contributed by atoms with Crippen LogP contribution in [0.2, 0.25) is 10.0 Å². The number of fused-ring (bicyclic) bond motifs is 1. The van der Waals surface area contributed by atoms with E-state index in [0.717, 1.165) is 24.3 Å². The van der Waals surface area contributed by atoms with Crippen LogP contribution in [0.5, 0.6) is 11.5 Å². The number of benzene rings is 1. The van der Waals surface area contributed by atoms with Crippen molar-refractivity contribution in [2.24, 2.45) is 5.41 Å². The quantitative estimate of drug-likeness (QED) is 0.350. The number of carbonyl (C=O) groups excluding carboxylic acids is 1. The van der Waals surface area contributed by atoms with Gasteiger partial charge >= 0.3 is 0 Å². The normalized spacial score (nSPS) is 21.1. The summed E-state index contributed by atoms with van der Waals surface area (Å²) < 4.78 is 16.6. The molecule has 2 N–H and O–H groups in total. The number of pyridine rings is 1. The zero-order valence-corrected chi connectivity index (χ0v) is 24.5. The number of nitrogens with zero attached hydrogens (tertiary/aromatic N) is 4. The van der Waals surface area contributed by atoms with Crippen LogP contribution in [0.4, 0.5) is 11.6 Å². The van der Waals surface area contributed by atoms with Gasteiger partial charge in [0.15, 0.2) is 5.82 Å². The predicted octanol–water partition coefficient (Wildman–Crippen LogP) is 4.88. The van der Waals surface area contributed by atoms with Gasteiger partial charge in [-0.15, -0.1) is 0 Å². The van der Waals surface area contributed by atoms with Gasteiger partial charge in [0.2, 0.25) is 5.91 Å². The number of ether oxygens (including phenoxy) is 3. The first kappa shape index (κ1) is 27.8. The topological polar surface area (TPSA) is 111 Å². The lowest BCUT2D eigenvalue weighted by Gasteiger charge is -2.49. The number of amides is 1. The fraction of sp³-hybridized carbons (Fsp3) is 0.448. The molecule has 2 aliphatic heterocycles. The van der Waals surface area contributed by atoms with Crippen LogP contribution in [0, 0.1) is 5.41 Å². The Balaban J connectivity index is 1.41. The summed E-state index contributed by atoms with van der Waals surface area (Å²) in [4.78, 5) is 28.7. The van der Waals surface area contributed by atoms with Gasteiger partial charge in [-0.2, -0.15) is 0 Å². The molecule has 1 spiro atoms. The number of carbonyl (C=O) groups is 1. The molecule has 2 saturated heterocycles. The largest absolute Gasteiger partial charge is 0.495 e. The molecular weight excluding hydrogens is 567 g/mol. The Hall–Kier alpha value is -3.34. The average Bonchev–Trinajstić information content (AvgIpc) is 3.62. The Morgan fingerprint density at radius 3 is 2.44 bits per heavy atom. The second-order valence-electron chi connectivity index (χ2n) is 10.9. The minimum absolute atomic E-state index is 0.153. The van der Waals surface area contributed by atoms with Crippen molar-refractivity contribution in [2.75, 3.05) is 50.7 Å². The van der Waals surface area contributed by atoms with Crippen LogP contribution in [0.15, 0.2) is 31.0 Å². The van der Waals surface area contributed by atoms with Gasteiger partial charge in [0, 0.05) is 30.0 Å². The summed E-state index contributed by atoms with van der Waals surface area (Å²) in [5, 5.41) is 7.80. The van der Waals surface area contributed by atoms with Crippen LogP contribution < -0.4 is 25.0 Å². The Kier molecular flexibility index (Phi) is 7.56. The van der Waals surface area contributed by atoms with Gasteiger partial charge in [-0.3, -0.25) is 4.79 Å². The van der Waals surface area contributed by atoms with Gasteiger partial charge < -0.3 is 29.7 Å². The van der Waals surface area contributed by atoms with Gasteiger partial charge in [0.05, 0.1) is 66.8 Å². The molecule has 1 aromatic carbocycles. The molecule has 6 rings (SSSR count). The molecule has 1 amide bonds. The molecule has 3 fully saturated rings.